The molecule has 1 nitrogen and oxygen atoms in total. The van der Waals surface area contributed by atoms with E-state index < -0.39 is 0 Å². The van der Waals surface area contributed by atoms with Crippen molar-refractivity contribution in [1.82, 2.24) is 5.32 Å². The molecule has 1 heterocycles. The van der Waals surface area contributed by atoms with Crippen LogP contribution in [0.3, 0.4) is 0 Å². The summed E-state index contributed by atoms with van der Waals surface area (Å²) in [5, 5.41) is 3.60. The third-order valence-electron chi connectivity index (χ3n) is 4.12. The Morgan fingerprint density at radius 2 is 2.06 bits per heavy atom. The standard InChI is InChI=1S/C17H29N/c1-7-10-16-15(9-3)11-13(5)14(6)18-17(16)12(4)8-2/h10,13,15,18H,6-9,11H2,1-5H3/b16-10-,17-12+. The lowest BCUT2D eigenvalue weighted by atomic mass is 9.85. The van der Waals surface area contributed by atoms with Crippen LogP contribution in [0.5, 0.6) is 0 Å². The predicted molar refractivity (Wildman–Crippen MR) is 81.2 cm³/mol. The van der Waals surface area contributed by atoms with Gasteiger partial charge >= 0.3 is 0 Å². The Labute approximate surface area is 113 Å². The summed E-state index contributed by atoms with van der Waals surface area (Å²) in [6.07, 6.45) is 7.04. The van der Waals surface area contributed by atoms with Gasteiger partial charge in [-0.1, -0.05) is 40.3 Å². The lowest BCUT2D eigenvalue weighted by molar-refractivity contribution is 0.475. The molecule has 0 aromatic rings. The van der Waals surface area contributed by atoms with Crippen LogP contribution in [0.2, 0.25) is 0 Å². The van der Waals surface area contributed by atoms with Crippen molar-refractivity contribution < 1.29 is 0 Å². The minimum Gasteiger partial charge on any atom is -0.359 e. The second kappa shape index (κ2) is 6.82. The first-order chi connectivity index (χ1) is 8.54. The average molecular weight is 247 g/mol. The molecule has 1 fully saturated rings. The van der Waals surface area contributed by atoms with Crippen molar-refractivity contribution in [1.29, 1.82) is 0 Å². The number of allylic oxidation sites excluding steroid dienone is 4. The summed E-state index contributed by atoms with van der Waals surface area (Å²) in [4.78, 5) is 0. The zero-order chi connectivity index (χ0) is 13.7. The summed E-state index contributed by atoms with van der Waals surface area (Å²) in [5.74, 6) is 1.22. The molecule has 0 aromatic heterocycles. The van der Waals surface area contributed by atoms with E-state index in [9.17, 15) is 0 Å². The summed E-state index contributed by atoms with van der Waals surface area (Å²) < 4.78 is 0. The van der Waals surface area contributed by atoms with Gasteiger partial charge in [0, 0.05) is 11.4 Å². The van der Waals surface area contributed by atoms with Crippen LogP contribution >= 0.6 is 0 Å². The molecule has 1 saturated heterocycles. The zero-order valence-electron chi connectivity index (χ0n) is 12.8. The summed E-state index contributed by atoms with van der Waals surface area (Å²) in [5.41, 5.74) is 5.49. The van der Waals surface area contributed by atoms with Gasteiger partial charge in [0.2, 0.25) is 0 Å². The van der Waals surface area contributed by atoms with Crippen molar-refractivity contribution in [2.75, 3.05) is 0 Å². The van der Waals surface area contributed by atoms with Gasteiger partial charge in [0.1, 0.15) is 0 Å². The highest BCUT2D eigenvalue weighted by Crippen LogP contribution is 2.35. The molecule has 1 heteroatoms. The van der Waals surface area contributed by atoms with Crippen molar-refractivity contribution in [3.8, 4) is 0 Å². The molecule has 2 unspecified atom stereocenters. The Morgan fingerprint density at radius 1 is 1.39 bits per heavy atom. The Bertz CT molecular complexity index is 360. The molecule has 0 saturated carbocycles. The first-order valence-electron chi connectivity index (χ1n) is 7.40. The average Bonchev–Trinajstić information content (AvgIpc) is 2.49. The van der Waals surface area contributed by atoms with E-state index in [-0.39, 0.29) is 0 Å². The smallest absolute Gasteiger partial charge is 0.0402 e. The molecule has 0 aliphatic carbocycles. The lowest BCUT2D eigenvalue weighted by Crippen LogP contribution is -2.16. The molecule has 1 aliphatic heterocycles. The maximum absolute atomic E-state index is 4.21. The van der Waals surface area contributed by atoms with E-state index in [1.807, 2.05) is 0 Å². The molecule has 18 heavy (non-hydrogen) atoms. The van der Waals surface area contributed by atoms with Gasteiger partial charge in [-0.15, -0.1) is 0 Å². The molecule has 1 N–H and O–H groups in total. The number of hydrogen-bond acceptors (Lipinski definition) is 1. The van der Waals surface area contributed by atoms with Gasteiger partial charge in [0.15, 0.2) is 0 Å². The second-order valence-corrected chi connectivity index (χ2v) is 5.47. The highest BCUT2D eigenvalue weighted by Gasteiger charge is 2.25. The van der Waals surface area contributed by atoms with E-state index in [4.69, 9.17) is 0 Å². The van der Waals surface area contributed by atoms with Crippen LogP contribution < -0.4 is 5.32 Å². The fourth-order valence-corrected chi connectivity index (χ4v) is 2.66. The molecule has 1 aliphatic rings. The highest BCUT2D eigenvalue weighted by atomic mass is 14.9. The Hall–Kier alpha value is -0.980. The summed E-state index contributed by atoms with van der Waals surface area (Å²) in [6, 6.07) is 0. The van der Waals surface area contributed by atoms with Gasteiger partial charge < -0.3 is 5.32 Å². The summed E-state index contributed by atoms with van der Waals surface area (Å²) >= 11 is 0. The molecule has 0 amide bonds. The van der Waals surface area contributed by atoms with Crippen molar-refractivity contribution in [2.45, 2.75) is 60.3 Å². The van der Waals surface area contributed by atoms with Crippen LogP contribution in [0.25, 0.3) is 0 Å². The van der Waals surface area contributed by atoms with Gasteiger partial charge in [-0.3, -0.25) is 0 Å². The monoisotopic (exact) mass is 247 g/mol. The normalized spacial score (nSPS) is 30.1. The number of rotatable bonds is 3. The van der Waals surface area contributed by atoms with Crippen molar-refractivity contribution >= 4 is 0 Å². The lowest BCUT2D eigenvalue weighted by Gasteiger charge is -2.20. The van der Waals surface area contributed by atoms with Crippen LogP contribution in [0, 0.1) is 11.8 Å². The van der Waals surface area contributed by atoms with E-state index in [1.54, 1.807) is 0 Å². The number of nitrogens with one attached hydrogen (secondary N) is 1. The maximum atomic E-state index is 4.21. The van der Waals surface area contributed by atoms with Crippen molar-refractivity contribution in [2.24, 2.45) is 11.8 Å². The molecular weight excluding hydrogens is 218 g/mol. The Morgan fingerprint density at radius 3 is 2.56 bits per heavy atom. The van der Waals surface area contributed by atoms with Gasteiger partial charge in [-0.25, -0.2) is 0 Å². The van der Waals surface area contributed by atoms with E-state index in [0.717, 1.165) is 12.8 Å². The third kappa shape index (κ3) is 3.28. The molecule has 0 spiro atoms. The van der Waals surface area contributed by atoms with Gasteiger partial charge in [-0.05, 0) is 55.6 Å². The van der Waals surface area contributed by atoms with Gasteiger partial charge in [0.05, 0.1) is 0 Å². The van der Waals surface area contributed by atoms with Crippen LogP contribution in [-0.2, 0) is 0 Å². The van der Waals surface area contributed by atoms with Crippen LogP contribution in [0.1, 0.15) is 60.3 Å². The quantitative estimate of drug-likeness (QED) is 0.725. The molecular formula is C17H29N. The minimum absolute atomic E-state index is 0.553. The zero-order valence-corrected chi connectivity index (χ0v) is 12.8. The number of hydrogen-bond donors (Lipinski definition) is 1. The van der Waals surface area contributed by atoms with E-state index in [0.29, 0.717) is 11.8 Å². The molecule has 0 radical (unpaired) electrons. The highest BCUT2D eigenvalue weighted by molar-refractivity contribution is 5.39. The first-order valence-corrected chi connectivity index (χ1v) is 7.40. The van der Waals surface area contributed by atoms with E-state index in [1.165, 1.54) is 35.4 Å². The third-order valence-corrected chi connectivity index (χ3v) is 4.12. The largest absolute Gasteiger partial charge is 0.359 e. The van der Waals surface area contributed by atoms with E-state index in [2.05, 4.69) is 52.6 Å². The molecule has 102 valence electrons. The molecule has 0 bridgehead atoms. The van der Waals surface area contributed by atoms with Crippen LogP contribution in [0.4, 0.5) is 0 Å². The van der Waals surface area contributed by atoms with E-state index >= 15 is 0 Å². The van der Waals surface area contributed by atoms with Crippen LogP contribution in [-0.4, -0.2) is 0 Å². The molecule has 1 rings (SSSR count). The fourth-order valence-electron chi connectivity index (χ4n) is 2.66. The SMILES string of the molecule is C=C1NC(=C(\C)CC)/C(=C\CC)C(CC)CC1C. The first kappa shape index (κ1) is 15.1. The summed E-state index contributed by atoms with van der Waals surface area (Å²) in [6.45, 7) is 15.5. The molecule has 0 aromatic carbocycles. The second-order valence-electron chi connectivity index (χ2n) is 5.47. The Balaban J connectivity index is 3.26. The topological polar surface area (TPSA) is 12.0 Å². The molecule has 2 atom stereocenters. The summed E-state index contributed by atoms with van der Waals surface area (Å²) in [7, 11) is 0. The van der Waals surface area contributed by atoms with Crippen molar-refractivity contribution in [3.05, 3.63) is 35.2 Å². The van der Waals surface area contributed by atoms with Crippen LogP contribution in [0.15, 0.2) is 35.2 Å². The van der Waals surface area contributed by atoms with Gasteiger partial charge in [0.25, 0.3) is 0 Å². The maximum Gasteiger partial charge on any atom is 0.0402 e. The van der Waals surface area contributed by atoms with Gasteiger partial charge in [-0.2, -0.15) is 0 Å². The fraction of sp³-hybridized carbons (Fsp3) is 0.647. The predicted octanol–water partition coefficient (Wildman–Crippen LogP) is 5.18. The van der Waals surface area contributed by atoms with Crippen molar-refractivity contribution in [3.63, 3.8) is 0 Å². The Kier molecular flexibility index (Phi) is 5.71. The minimum atomic E-state index is 0.553.